The number of carboxylic acids is 1. The molecular weight excluding hydrogens is 248 g/mol. The van der Waals surface area contributed by atoms with Gasteiger partial charge in [-0.2, -0.15) is 0 Å². The summed E-state index contributed by atoms with van der Waals surface area (Å²) >= 11 is 0. The van der Waals surface area contributed by atoms with Gasteiger partial charge in [0.15, 0.2) is 0 Å². The molecule has 0 bridgehead atoms. The van der Waals surface area contributed by atoms with E-state index in [1.54, 1.807) is 30.4 Å². The van der Waals surface area contributed by atoms with Crippen molar-refractivity contribution >= 4 is 17.8 Å². The van der Waals surface area contributed by atoms with Gasteiger partial charge in [0.2, 0.25) is 11.9 Å². The van der Waals surface area contributed by atoms with Crippen molar-refractivity contribution in [3.05, 3.63) is 18.5 Å². The highest BCUT2D eigenvalue weighted by molar-refractivity contribution is 5.86. The van der Waals surface area contributed by atoms with Crippen molar-refractivity contribution in [2.75, 3.05) is 18.5 Å². The van der Waals surface area contributed by atoms with Crippen molar-refractivity contribution in [3.8, 4) is 0 Å². The van der Waals surface area contributed by atoms with Gasteiger partial charge in [0.05, 0.1) is 6.54 Å². The predicted molar refractivity (Wildman–Crippen MR) is 69.8 cm³/mol. The van der Waals surface area contributed by atoms with Gasteiger partial charge in [-0.25, -0.2) is 14.8 Å². The lowest BCUT2D eigenvalue weighted by atomic mass is 10.1. The molecule has 1 amide bonds. The van der Waals surface area contributed by atoms with Crippen molar-refractivity contribution < 1.29 is 14.7 Å². The molecule has 0 saturated carbocycles. The zero-order valence-electron chi connectivity index (χ0n) is 11.0. The van der Waals surface area contributed by atoms with Gasteiger partial charge >= 0.3 is 5.97 Å². The maximum atomic E-state index is 11.7. The number of likely N-dealkylation sites (N-methyl/N-ethyl adjacent to an activating group) is 1. The quantitative estimate of drug-likeness (QED) is 0.736. The summed E-state index contributed by atoms with van der Waals surface area (Å²) in [5, 5.41) is 11.4. The highest BCUT2D eigenvalue weighted by Gasteiger charge is 2.19. The number of aliphatic carboxylic acids is 1. The van der Waals surface area contributed by atoms with E-state index < -0.39 is 12.0 Å². The van der Waals surface area contributed by atoms with E-state index >= 15 is 0 Å². The first kappa shape index (κ1) is 14.9. The van der Waals surface area contributed by atoms with Crippen LogP contribution in [0, 0.1) is 0 Å². The third kappa shape index (κ3) is 4.90. The second kappa shape index (κ2) is 7.30. The van der Waals surface area contributed by atoms with Crippen molar-refractivity contribution in [1.29, 1.82) is 0 Å². The number of nitrogens with zero attached hydrogens (tertiary/aromatic N) is 3. The van der Waals surface area contributed by atoms with Crippen molar-refractivity contribution in [3.63, 3.8) is 0 Å². The molecule has 7 nitrogen and oxygen atoms in total. The van der Waals surface area contributed by atoms with E-state index in [0.717, 1.165) is 0 Å². The van der Waals surface area contributed by atoms with Crippen LogP contribution in [-0.4, -0.2) is 46.6 Å². The highest BCUT2D eigenvalue weighted by Crippen LogP contribution is 2.02. The topological polar surface area (TPSA) is 95.4 Å². The van der Waals surface area contributed by atoms with Crippen LogP contribution in [0.15, 0.2) is 18.5 Å². The van der Waals surface area contributed by atoms with Gasteiger partial charge in [-0.1, -0.05) is 13.3 Å². The van der Waals surface area contributed by atoms with Gasteiger partial charge in [-0.15, -0.1) is 0 Å². The van der Waals surface area contributed by atoms with Gasteiger partial charge in [0.25, 0.3) is 0 Å². The fourth-order valence-corrected chi connectivity index (χ4v) is 1.56. The number of carboxylic acid groups (broad SMARTS) is 1. The first-order chi connectivity index (χ1) is 9.04. The summed E-state index contributed by atoms with van der Waals surface area (Å²) in [4.78, 5) is 32.2. The van der Waals surface area contributed by atoms with Crippen LogP contribution < -0.4 is 10.2 Å². The van der Waals surface area contributed by atoms with E-state index in [2.05, 4.69) is 15.3 Å². The van der Waals surface area contributed by atoms with Crippen molar-refractivity contribution in [2.24, 2.45) is 0 Å². The van der Waals surface area contributed by atoms with Crippen LogP contribution in [0.1, 0.15) is 19.8 Å². The molecule has 0 aliphatic carbocycles. The fourth-order valence-electron chi connectivity index (χ4n) is 1.56. The van der Waals surface area contributed by atoms with Crippen LogP contribution in [0.4, 0.5) is 5.95 Å². The Bertz CT molecular complexity index is 424. The molecule has 7 heteroatoms. The van der Waals surface area contributed by atoms with Crippen LogP contribution in [0.2, 0.25) is 0 Å². The maximum absolute atomic E-state index is 11.7. The molecule has 2 N–H and O–H groups in total. The maximum Gasteiger partial charge on any atom is 0.326 e. The summed E-state index contributed by atoms with van der Waals surface area (Å²) in [7, 11) is 1.67. The summed E-state index contributed by atoms with van der Waals surface area (Å²) in [5.41, 5.74) is 0. The SMILES string of the molecule is CCC[C@H](NC(=O)CN(C)c1ncccn1)C(=O)O. The van der Waals surface area contributed by atoms with E-state index in [4.69, 9.17) is 5.11 Å². The lowest BCUT2D eigenvalue weighted by Gasteiger charge is -2.18. The number of hydrogen-bond donors (Lipinski definition) is 2. The largest absolute Gasteiger partial charge is 0.480 e. The van der Waals surface area contributed by atoms with Gasteiger partial charge in [0, 0.05) is 19.4 Å². The molecule has 19 heavy (non-hydrogen) atoms. The van der Waals surface area contributed by atoms with E-state index in [1.165, 1.54) is 0 Å². The second-order valence-corrected chi connectivity index (χ2v) is 4.15. The lowest BCUT2D eigenvalue weighted by molar-refractivity contribution is -0.141. The minimum atomic E-state index is -1.02. The van der Waals surface area contributed by atoms with Gasteiger partial charge in [0.1, 0.15) is 6.04 Å². The Balaban J connectivity index is 2.52. The summed E-state index contributed by atoms with van der Waals surface area (Å²) in [6.45, 7) is 1.88. The summed E-state index contributed by atoms with van der Waals surface area (Å²) in [5.74, 6) is -0.968. The van der Waals surface area contributed by atoms with Crippen molar-refractivity contribution in [1.82, 2.24) is 15.3 Å². The Morgan fingerprint density at radius 2 is 2.05 bits per heavy atom. The van der Waals surface area contributed by atoms with Gasteiger partial charge in [-0.3, -0.25) is 4.79 Å². The number of nitrogens with one attached hydrogen (secondary N) is 1. The first-order valence-corrected chi connectivity index (χ1v) is 6.05. The minimum Gasteiger partial charge on any atom is -0.480 e. The molecule has 0 saturated heterocycles. The van der Waals surface area contributed by atoms with E-state index in [1.807, 2.05) is 6.92 Å². The van der Waals surface area contributed by atoms with Gasteiger partial charge in [-0.05, 0) is 12.5 Å². The number of carbonyl (C=O) groups is 2. The van der Waals surface area contributed by atoms with E-state index in [9.17, 15) is 9.59 Å². The molecule has 0 unspecified atom stereocenters. The zero-order valence-corrected chi connectivity index (χ0v) is 11.0. The predicted octanol–water partition coefficient (Wildman–Crippen LogP) is 0.282. The summed E-state index contributed by atoms with van der Waals surface area (Å²) in [6, 6.07) is 0.835. The number of hydrogen-bond acceptors (Lipinski definition) is 5. The number of amides is 1. The molecule has 1 heterocycles. The molecule has 0 fully saturated rings. The summed E-state index contributed by atoms with van der Waals surface area (Å²) in [6.07, 6.45) is 4.25. The monoisotopic (exact) mass is 266 g/mol. The Morgan fingerprint density at radius 1 is 1.42 bits per heavy atom. The molecule has 1 aromatic rings. The van der Waals surface area contributed by atoms with Crippen molar-refractivity contribution in [2.45, 2.75) is 25.8 Å². The normalized spacial score (nSPS) is 11.7. The molecule has 104 valence electrons. The molecular formula is C12H18N4O3. The average molecular weight is 266 g/mol. The second-order valence-electron chi connectivity index (χ2n) is 4.15. The molecule has 1 aromatic heterocycles. The Kier molecular flexibility index (Phi) is 5.72. The fraction of sp³-hybridized carbons (Fsp3) is 0.500. The standard InChI is InChI=1S/C12H18N4O3/c1-3-5-9(11(18)19)15-10(17)8-16(2)12-13-6-4-7-14-12/h4,6-7,9H,3,5,8H2,1-2H3,(H,15,17)(H,18,19)/t9-/m0/s1. The number of carbonyl (C=O) groups excluding carboxylic acids is 1. The highest BCUT2D eigenvalue weighted by atomic mass is 16.4. The third-order valence-electron chi connectivity index (χ3n) is 2.49. The smallest absolute Gasteiger partial charge is 0.326 e. The summed E-state index contributed by atoms with van der Waals surface area (Å²) < 4.78 is 0. The Hall–Kier alpha value is -2.18. The van der Waals surface area contributed by atoms with Crippen LogP contribution in [-0.2, 0) is 9.59 Å². The Morgan fingerprint density at radius 3 is 2.58 bits per heavy atom. The van der Waals surface area contributed by atoms with Crippen LogP contribution in [0.5, 0.6) is 0 Å². The third-order valence-corrected chi connectivity index (χ3v) is 2.49. The Labute approximate surface area is 111 Å². The molecule has 0 spiro atoms. The van der Waals surface area contributed by atoms with Crippen LogP contribution in [0.3, 0.4) is 0 Å². The molecule has 0 aliphatic heterocycles. The lowest BCUT2D eigenvalue weighted by Crippen LogP contribution is -2.45. The average Bonchev–Trinajstić information content (AvgIpc) is 2.39. The number of anilines is 1. The molecule has 0 aliphatic rings. The van der Waals surface area contributed by atoms with Crippen LogP contribution in [0.25, 0.3) is 0 Å². The number of rotatable bonds is 7. The zero-order chi connectivity index (χ0) is 14.3. The van der Waals surface area contributed by atoms with Gasteiger partial charge < -0.3 is 15.3 Å². The molecule has 0 aromatic carbocycles. The van der Waals surface area contributed by atoms with E-state index in [-0.39, 0.29) is 12.5 Å². The number of aromatic nitrogens is 2. The molecule has 1 atom stereocenters. The minimum absolute atomic E-state index is 0.0114. The van der Waals surface area contributed by atoms with Crippen LogP contribution >= 0.6 is 0 Å². The molecule has 1 rings (SSSR count). The van der Waals surface area contributed by atoms with E-state index in [0.29, 0.717) is 18.8 Å². The molecule has 0 radical (unpaired) electrons. The first-order valence-electron chi connectivity index (χ1n) is 6.05.